The fraction of sp³-hybridized carbons (Fsp3) is 0.0488. The van der Waals surface area contributed by atoms with Crippen LogP contribution in [0.5, 0.6) is 0 Å². The Morgan fingerprint density at radius 3 is 1.49 bits per heavy atom. The van der Waals surface area contributed by atoms with Gasteiger partial charge < -0.3 is 14.0 Å². The monoisotopic (exact) mass is 1080 g/mol. The van der Waals surface area contributed by atoms with Crippen molar-refractivity contribution in [3.8, 4) is 67.0 Å². The maximum absolute atomic E-state index is 2.52. The predicted octanol–water partition coefficient (Wildman–Crippen LogP) is 21.3. The average molecular weight is 1080 g/mol. The molecule has 3 aliphatic rings. The van der Waals surface area contributed by atoms with E-state index in [0.717, 1.165) is 45.0 Å². The van der Waals surface area contributed by atoms with Gasteiger partial charge in [0.2, 0.25) is 0 Å². The van der Waals surface area contributed by atoms with Gasteiger partial charge in [-0.1, -0.05) is 238 Å². The van der Waals surface area contributed by atoms with Crippen LogP contribution in [0.25, 0.3) is 111 Å². The third-order valence-electron chi connectivity index (χ3n) is 19.3. The Labute approximate surface area is 494 Å². The van der Waals surface area contributed by atoms with Gasteiger partial charge in [0.25, 0.3) is 0 Å². The summed E-state index contributed by atoms with van der Waals surface area (Å²) in [6.07, 6.45) is 0. The van der Waals surface area contributed by atoms with E-state index in [4.69, 9.17) is 0 Å². The first kappa shape index (κ1) is 47.9. The Hall–Kier alpha value is -10.7. The molecule has 0 saturated carbocycles. The number of hydrogen-bond acceptors (Lipinski definition) is 1. The maximum atomic E-state index is 2.52. The zero-order chi connectivity index (χ0) is 56.1. The molecular weight excluding hydrogens is 1030 g/mol. The Balaban J connectivity index is 0.856. The average Bonchev–Trinajstić information content (AvgIpc) is 1.59. The third kappa shape index (κ3) is 6.61. The highest BCUT2D eigenvalue weighted by atomic mass is 15.1. The summed E-state index contributed by atoms with van der Waals surface area (Å²) < 4.78 is 5.02. The highest BCUT2D eigenvalue weighted by molar-refractivity contribution is 6.17. The summed E-state index contributed by atoms with van der Waals surface area (Å²) in [5.41, 5.74) is 30.4. The first-order valence-electron chi connectivity index (χ1n) is 29.7. The standard InChI is InChI=1S/C82H55N3/c1-81(2)69-34-16-12-28-61(69)64-45-41-56(49-74(64)81)83(54-24-8-4-9-25-54)57-43-47-68-78(50-57)85(75-39-21-33-59(80(68)75)52-22-6-3-7-23-52)58-42-46-66-65-44-40-53(48-76(65)84(77(66)51-58)55-26-10-5-11-27-55)60-32-20-38-73-79(60)67-31-15-19-37-72(67)82(73)70-35-17-13-29-62(70)63-30-14-18-36-71(63)82/h3-51H,1-2H3. The van der Waals surface area contributed by atoms with Crippen LogP contribution in [0.1, 0.15) is 47.2 Å². The van der Waals surface area contributed by atoms with Crippen LogP contribution in [-0.4, -0.2) is 9.13 Å². The van der Waals surface area contributed by atoms with Crippen LogP contribution in [-0.2, 0) is 10.8 Å². The maximum Gasteiger partial charge on any atom is 0.0725 e. The lowest BCUT2D eigenvalue weighted by atomic mass is 9.70. The fourth-order valence-electron chi connectivity index (χ4n) is 15.7. The van der Waals surface area contributed by atoms with Crippen molar-refractivity contribution < 1.29 is 0 Å². The number of aromatic nitrogens is 2. The van der Waals surface area contributed by atoms with Gasteiger partial charge in [0.1, 0.15) is 0 Å². The van der Waals surface area contributed by atoms with Gasteiger partial charge in [-0.3, -0.25) is 0 Å². The molecule has 15 aromatic rings. The van der Waals surface area contributed by atoms with Crippen molar-refractivity contribution in [2.45, 2.75) is 24.7 Å². The number of nitrogens with zero attached hydrogens (tertiary/aromatic N) is 3. The second-order valence-corrected chi connectivity index (χ2v) is 23.9. The van der Waals surface area contributed by atoms with Gasteiger partial charge in [0, 0.05) is 55.4 Å². The van der Waals surface area contributed by atoms with E-state index >= 15 is 0 Å². The zero-order valence-electron chi connectivity index (χ0n) is 47.1. The lowest BCUT2D eigenvalue weighted by molar-refractivity contribution is 0.660. The number of benzene rings is 13. The highest BCUT2D eigenvalue weighted by Gasteiger charge is 2.52. The summed E-state index contributed by atoms with van der Waals surface area (Å²) in [6.45, 7) is 4.74. The molecule has 398 valence electrons. The van der Waals surface area contributed by atoms with Crippen molar-refractivity contribution in [1.29, 1.82) is 0 Å². The molecule has 0 N–H and O–H groups in total. The van der Waals surface area contributed by atoms with Crippen LogP contribution >= 0.6 is 0 Å². The summed E-state index contributed by atoms with van der Waals surface area (Å²) in [6, 6.07) is 111. The van der Waals surface area contributed by atoms with E-state index < -0.39 is 5.41 Å². The molecule has 0 fully saturated rings. The summed E-state index contributed by atoms with van der Waals surface area (Å²) in [5, 5.41) is 4.86. The van der Waals surface area contributed by atoms with Crippen molar-refractivity contribution in [2.24, 2.45) is 0 Å². The molecule has 2 heterocycles. The quantitative estimate of drug-likeness (QED) is 0.155. The number of hydrogen-bond donors (Lipinski definition) is 0. The minimum atomic E-state index is -0.421. The lowest BCUT2D eigenvalue weighted by Crippen LogP contribution is -2.25. The van der Waals surface area contributed by atoms with E-state index in [0.29, 0.717) is 0 Å². The highest BCUT2D eigenvalue weighted by Crippen LogP contribution is 2.64. The summed E-state index contributed by atoms with van der Waals surface area (Å²) >= 11 is 0. The minimum absolute atomic E-state index is 0.149. The molecule has 0 saturated heterocycles. The number of para-hydroxylation sites is 2. The van der Waals surface area contributed by atoms with Gasteiger partial charge in [-0.05, 0) is 162 Å². The van der Waals surface area contributed by atoms with Gasteiger partial charge in [-0.15, -0.1) is 0 Å². The summed E-state index contributed by atoms with van der Waals surface area (Å²) in [4.78, 5) is 2.44. The fourth-order valence-corrected chi connectivity index (χ4v) is 15.7. The zero-order valence-corrected chi connectivity index (χ0v) is 47.1. The molecule has 3 nitrogen and oxygen atoms in total. The van der Waals surface area contributed by atoms with Crippen molar-refractivity contribution in [3.05, 3.63) is 331 Å². The van der Waals surface area contributed by atoms with E-state index in [-0.39, 0.29) is 5.41 Å². The Morgan fingerprint density at radius 1 is 0.271 bits per heavy atom. The lowest BCUT2D eigenvalue weighted by Gasteiger charge is -2.30. The second kappa shape index (κ2) is 17.9. The Kier molecular flexibility index (Phi) is 10.1. The van der Waals surface area contributed by atoms with Crippen LogP contribution in [0, 0.1) is 0 Å². The Bertz CT molecular complexity index is 5230. The molecule has 0 radical (unpaired) electrons. The summed E-state index contributed by atoms with van der Waals surface area (Å²) in [7, 11) is 0. The second-order valence-electron chi connectivity index (χ2n) is 23.9. The first-order valence-corrected chi connectivity index (χ1v) is 29.7. The molecule has 0 aliphatic heterocycles. The van der Waals surface area contributed by atoms with Crippen LogP contribution in [0.15, 0.2) is 297 Å². The van der Waals surface area contributed by atoms with Gasteiger partial charge >= 0.3 is 0 Å². The van der Waals surface area contributed by atoms with Crippen LogP contribution in [0.3, 0.4) is 0 Å². The van der Waals surface area contributed by atoms with Crippen molar-refractivity contribution in [2.75, 3.05) is 4.90 Å². The summed E-state index contributed by atoms with van der Waals surface area (Å²) in [5.74, 6) is 0. The van der Waals surface area contributed by atoms with E-state index in [1.807, 2.05) is 0 Å². The molecule has 0 unspecified atom stereocenters. The van der Waals surface area contributed by atoms with E-state index in [1.165, 1.54) is 116 Å². The van der Waals surface area contributed by atoms with E-state index in [1.54, 1.807) is 0 Å². The SMILES string of the molecule is CC1(C)c2ccccc2-c2ccc(N(c3ccccc3)c3ccc4c5c(-c6ccccc6)cccc5n(-c5ccc6c7ccc(-c8cccc9c8-c8ccccc8C98c9ccccc9-c9ccccc98)cc7n(-c7ccccc7)c6c5)c4c3)cc21. The van der Waals surface area contributed by atoms with Gasteiger partial charge in [0.15, 0.2) is 0 Å². The molecule has 1 spiro atoms. The predicted molar refractivity (Wildman–Crippen MR) is 355 cm³/mol. The first-order chi connectivity index (χ1) is 41.9. The molecule has 13 aromatic carbocycles. The molecule has 0 bridgehead atoms. The van der Waals surface area contributed by atoms with Crippen molar-refractivity contribution in [1.82, 2.24) is 9.13 Å². The van der Waals surface area contributed by atoms with E-state index in [9.17, 15) is 0 Å². The molecule has 3 aliphatic carbocycles. The number of rotatable bonds is 7. The van der Waals surface area contributed by atoms with Gasteiger partial charge in [-0.25, -0.2) is 0 Å². The minimum Gasteiger partial charge on any atom is -0.310 e. The molecule has 3 heteroatoms. The smallest absolute Gasteiger partial charge is 0.0725 e. The normalized spacial score (nSPS) is 13.7. The van der Waals surface area contributed by atoms with Gasteiger partial charge in [-0.2, -0.15) is 0 Å². The topological polar surface area (TPSA) is 13.1 Å². The number of anilines is 3. The molecular formula is C82H55N3. The van der Waals surface area contributed by atoms with Crippen LogP contribution in [0.4, 0.5) is 17.1 Å². The van der Waals surface area contributed by atoms with Crippen LogP contribution < -0.4 is 4.90 Å². The third-order valence-corrected chi connectivity index (χ3v) is 19.3. The Morgan fingerprint density at radius 2 is 0.765 bits per heavy atom. The number of fused-ring (bicyclic) bond motifs is 19. The van der Waals surface area contributed by atoms with E-state index in [2.05, 4.69) is 325 Å². The van der Waals surface area contributed by atoms with Crippen molar-refractivity contribution >= 4 is 60.7 Å². The molecule has 2 aromatic heterocycles. The molecule has 85 heavy (non-hydrogen) atoms. The largest absolute Gasteiger partial charge is 0.310 e. The molecule has 18 rings (SSSR count). The van der Waals surface area contributed by atoms with Gasteiger partial charge in [0.05, 0.1) is 27.5 Å². The molecule has 0 amide bonds. The van der Waals surface area contributed by atoms with Crippen molar-refractivity contribution in [3.63, 3.8) is 0 Å². The van der Waals surface area contributed by atoms with Crippen LogP contribution in [0.2, 0.25) is 0 Å². The molecule has 0 atom stereocenters.